The largest absolute Gasteiger partial charge is 0.375 e. The third-order valence-electron chi connectivity index (χ3n) is 4.14. The van der Waals surface area contributed by atoms with Crippen molar-refractivity contribution in [1.29, 1.82) is 0 Å². The Balaban J connectivity index is 1.73. The number of methoxy groups -OCH3 is 1. The summed E-state index contributed by atoms with van der Waals surface area (Å²) in [6, 6.07) is 15.5. The highest BCUT2D eigenvalue weighted by atomic mass is 19.1. The van der Waals surface area contributed by atoms with Crippen molar-refractivity contribution in [2.45, 2.75) is 19.1 Å². The van der Waals surface area contributed by atoms with Crippen LogP contribution < -0.4 is 5.32 Å². The van der Waals surface area contributed by atoms with Gasteiger partial charge in [0.05, 0.1) is 23.5 Å². The summed E-state index contributed by atoms with van der Waals surface area (Å²) >= 11 is 0. The van der Waals surface area contributed by atoms with Gasteiger partial charge in [-0.25, -0.2) is 9.07 Å². The number of aromatic nitrogens is 2. The quantitative estimate of drug-likeness (QED) is 0.738. The molecule has 5 nitrogen and oxygen atoms in total. The van der Waals surface area contributed by atoms with Crippen molar-refractivity contribution >= 4 is 5.91 Å². The SMILES string of the molecule is CO[C@@H](c1ccccc1F)[C@@H](C)NC(=O)c1cnn(-c2ccccc2)c1. The first-order valence-corrected chi connectivity index (χ1v) is 8.28. The van der Waals surface area contributed by atoms with Crippen LogP contribution in [0, 0.1) is 5.82 Å². The summed E-state index contributed by atoms with van der Waals surface area (Å²) < 4.78 is 21.1. The van der Waals surface area contributed by atoms with Gasteiger partial charge in [-0.3, -0.25) is 4.79 Å². The van der Waals surface area contributed by atoms with E-state index in [2.05, 4.69) is 10.4 Å². The molecule has 1 N–H and O–H groups in total. The summed E-state index contributed by atoms with van der Waals surface area (Å²) in [7, 11) is 1.49. The molecule has 1 aromatic heterocycles. The van der Waals surface area contributed by atoms with Crippen LogP contribution in [0.1, 0.15) is 28.9 Å². The van der Waals surface area contributed by atoms with Gasteiger partial charge >= 0.3 is 0 Å². The van der Waals surface area contributed by atoms with E-state index in [-0.39, 0.29) is 11.7 Å². The second kappa shape index (κ2) is 7.93. The zero-order valence-electron chi connectivity index (χ0n) is 14.6. The molecule has 0 saturated carbocycles. The van der Waals surface area contributed by atoms with E-state index in [0.717, 1.165) is 5.69 Å². The number of rotatable bonds is 6. The van der Waals surface area contributed by atoms with Crippen LogP contribution in [0.2, 0.25) is 0 Å². The fraction of sp³-hybridized carbons (Fsp3) is 0.200. The van der Waals surface area contributed by atoms with Crippen molar-refractivity contribution in [3.63, 3.8) is 0 Å². The summed E-state index contributed by atoms with van der Waals surface area (Å²) in [5.41, 5.74) is 1.69. The molecule has 0 fully saturated rings. The molecule has 2 atom stereocenters. The molecule has 3 aromatic rings. The van der Waals surface area contributed by atoms with Gasteiger partial charge in [-0.05, 0) is 25.1 Å². The smallest absolute Gasteiger partial charge is 0.254 e. The lowest BCUT2D eigenvalue weighted by Gasteiger charge is -2.24. The van der Waals surface area contributed by atoms with Crippen molar-refractivity contribution < 1.29 is 13.9 Å². The monoisotopic (exact) mass is 353 g/mol. The van der Waals surface area contributed by atoms with Gasteiger partial charge < -0.3 is 10.1 Å². The number of halogens is 1. The van der Waals surface area contributed by atoms with E-state index in [1.807, 2.05) is 30.3 Å². The molecule has 26 heavy (non-hydrogen) atoms. The minimum atomic E-state index is -0.593. The third-order valence-corrected chi connectivity index (χ3v) is 4.14. The van der Waals surface area contributed by atoms with Crippen LogP contribution in [0.5, 0.6) is 0 Å². The average Bonchev–Trinajstić information content (AvgIpc) is 3.15. The molecule has 0 radical (unpaired) electrons. The van der Waals surface area contributed by atoms with E-state index in [1.54, 1.807) is 36.0 Å². The van der Waals surface area contributed by atoms with E-state index in [1.165, 1.54) is 19.4 Å². The van der Waals surface area contributed by atoms with E-state index in [4.69, 9.17) is 4.74 Å². The summed E-state index contributed by atoms with van der Waals surface area (Å²) in [4.78, 5) is 12.5. The number of carbonyl (C=O) groups excluding carboxylic acids is 1. The van der Waals surface area contributed by atoms with Gasteiger partial charge in [0.25, 0.3) is 5.91 Å². The molecule has 0 saturated heterocycles. The van der Waals surface area contributed by atoms with Gasteiger partial charge in [-0.2, -0.15) is 5.10 Å². The van der Waals surface area contributed by atoms with E-state index in [0.29, 0.717) is 11.1 Å². The van der Waals surface area contributed by atoms with Gasteiger partial charge in [0.1, 0.15) is 11.9 Å². The molecule has 1 amide bonds. The fourth-order valence-corrected chi connectivity index (χ4v) is 2.83. The molecule has 2 aromatic carbocycles. The maximum atomic E-state index is 14.0. The molecule has 0 unspecified atom stereocenters. The Kier molecular flexibility index (Phi) is 5.43. The lowest BCUT2D eigenvalue weighted by Crippen LogP contribution is -2.38. The number of carbonyl (C=O) groups is 1. The first-order chi connectivity index (χ1) is 12.6. The Morgan fingerprint density at radius 2 is 1.85 bits per heavy atom. The van der Waals surface area contributed by atoms with Crippen LogP contribution in [0.25, 0.3) is 5.69 Å². The maximum Gasteiger partial charge on any atom is 0.254 e. The Bertz CT molecular complexity index is 880. The van der Waals surface area contributed by atoms with Crippen LogP contribution in [-0.2, 0) is 4.74 Å². The molecular weight excluding hydrogens is 333 g/mol. The van der Waals surface area contributed by atoms with Crippen molar-refractivity contribution in [1.82, 2.24) is 15.1 Å². The molecule has 0 aliphatic heterocycles. The first-order valence-electron chi connectivity index (χ1n) is 8.28. The van der Waals surface area contributed by atoms with Crippen LogP contribution in [0.3, 0.4) is 0 Å². The van der Waals surface area contributed by atoms with Gasteiger partial charge in [0.2, 0.25) is 0 Å². The van der Waals surface area contributed by atoms with Crippen molar-refractivity contribution in [2.24, 2.45) is 0 Å². The van der Waals surface area contributed by atoms with Crippen LogP contribution >= 0.6 is 0 Å². The summed E-state index contributed by atoms with van der Waals surface area (Å²) in [5, 5.41) is 7.07. The molecule has 0 aliphatic carbocycles. The zero-order chi connectivity index (χ0) is 18.5. The second-order valence-corrected chi connectivity index (χ2v) is 5.95. The van der Waals surface area contributed by atoms with Crippen molar-refractivity contribution in [2.75, 3.05) is 7.11 Å². The minimum absolute atomic E-state index is 0.293. The molecule has 134 valence electrons. The highest BCUT2D eigenvalue weighted by molar-refractivity contribution is 5.94. The second-order valence-electron chi connectivity index (χ2n) is 5.95. The van der Waals surface area contributed by atoms with E-state index in [9.17, 15) is 9.18 Å². The third kappa shape index (κ3) is 3.81. The normalized spacial score (nSPS) is 13.2. The standard InChI is InChI=1S/C20H20FN3O2/c1-14(19(26-2)17-10-6-7-11-18(17)21)23-20(25)15-12-22-24(13-15)16-8-4-3-5-9-16/h3-14,19H,1-2H3,(H,23,25)/t14-,19-/m1/s1. The Morgan fingerprint density at radius 3 is 2.54 bits per heavy atom. The first kappa shape index (κ1) is 17.8. The van der Waals surface area contributed by atoms with Gasteiger partial charge in [-0.1, -0.05) is 36.4 Å². The van der Waals surface area contributed by atoms with Gasteiger partial charge in [0.15, 0.2) is 0 Å². The van der Waals surface area contributed by atoms with Crippen LogP contribution in [-0.4, -0.2) is 28.8 Å². The number of nitrogens with one attached hydrogen (secondary N) is 1. The number of hydrogen-bond acceptors (Lipinski definition) is 3. The summed E-state index contributed by atoms with van der Waals surface area (Å²) in [5.74, 6) is -0.657. The highest BCUT2D eigenvalue weighted by Gasteiger charge is 2.24. The predicted octanol–water partition coefficient (Wildman–Crippen LogP) is 3.52. The molecule has 3 rings (SSSR count). The number of amides is 1. The molecule has 6 heteroatoms. The topological polar surface area (TPSA) is 56.1 Å². The highest BCUT2D eigenvalue weighted by Crippen LogP contribution is 2.23. The van der Waals surface area contributed by atoms with Crippen LogP contribution in [0.15, 0.2) is 67.0 Å². The average molecular weight is 353 g/mol. The zero-order valence-corrected chi connectivity index (χ0v) is 14.6. The molecule has 0 aliphatic rings. The number of ether oxygens (including phenoxy) is 1. The van der Waals surface area contributed by atoms with Gasteiger partial charge in [0, 0.05) is 18.9 Å². The van der Waals surface area contributed by atoms with Gasteiger partial charge in [-0.15, -0.1) is 0 Å². The summed E-state index contributed by atoms with van der Waals surface area (Å²) in [6.07, 6.45) is 2.56. The number of hydrogen-bond donors (Lipinski definition) is 1. The maximum absolute atomic E-state index is 14.0. The van der Waals surface area contributed by atoms with E-state index >= 15 is 0 Å². The fourth-order valence-electron chi connectivity index (χ4n) is 2.83. The Hall–Kier alpha value is -2.99. The number of nitrogens with zero attached hydrogens (tertiary/aromatic N) is 2. The summed E-state index contributed by atoms with van der Waals surface area (Å²) in [6.45, 7) is 1.78. The minimum Gasteiger partial charge on any atom is -0.375 e. The molecule has 1 heterocycles. The van der Waals surface area contributed by atoms with E-state index < -0.39 is 12.1 Å². The lowest BCUT2D eigenvalue weighted by molar-refractivity contribution is 0.0625. The van der Waals surface area contributed by atoms with Crippen LogP contribution in [0.4, 0.5) is 4.39 Å². The van der Waals surface area contributed by atoms with Crippen molar-refractivity contribution in [3.8, 4) is 5.69 Å². The Morgan fingerprint density at radius 1 is 1.15 bits per heavy atom. The lowest BCUT2D eigenvalue weighted by atomic mass is 10.0. The molecule has 0 spiro atoms. The molecule has 0 bridgehead atoms. The molecular formula is C20H20FN3O2. The number of benzene rings is 2. The Labute approximate surface area is 151 Å². The predicted molar refractivity (Wildman–Crippen MR) is 96.6 cm³/mol. The van der Waals surface area contributed by atoms with Crippen molar-refractivity contribution in [3.05, 3.63) is 83.9 Å². The number of para-hydroxylation sites is 1.